The fraction of sp³-hybridized carbons (Fsp3) is 0.750. The highest BCUT2D eigenvalue weighted by atomic mass is 16.5. The quantitative estimate of drug-likeness (QED) is 0.793. The molecule has 2 rings (SSSR count). The van der Waals surface area contributed by atoms with Gasteiger partial charge in [-0.3, -0.25) is 0 Å². The number of nitrogens with zero attached hydrogens (tertiary/aromatic N) is 2. The van der Waals surface area contributed by atoms with Crippen LogP contribution < -0.4 is 5.73 Å². The molecule has 1 aromatic rings. The third kappa shape index (κ3) is 2.22. The molecule has 96 valence electrons. The normalized spacial score (nSPS) is 26.3. The number of aryl methyl sites for hydroxylation is 1. The molecule has 2 atom stereocenters. The van der Waals surface area contributed by atoms with Crippen molar-refractivity contribution in [1.82, 2.24) is 9.55 Å². The number of aliphatic hydroxyl groups is 1. The Kier molecular flexibility index (Phi) is 3.81. The van der Waals surface area contributed by atoms with Crippen molar-refractivity contribution in [2.75, 3.05) is 19.8 Å². The Balaban J connectivity index is 2.22. The smallest absolute Gasteiger partial charge is 0.105 e. The summed E-state index contributed by atoms with van der Waals surface area (Å²) < 4.78 is 7.40. The minimum absolute atomic E-state index is 0.342. The standard InChI is InChI=1S/C12H21N3O2/c1-2-4-15-9-14-6-10(15)11(16)12(7-13)3-5-17-8-12/h6,9,11,16H,2-5,7-8,13H2,1H3. The molecule has 5 nitrogen and oxygen atoms in total. The second kappa shape index (κ2) is 5.16. The van der Waals surface area contributed by atoms with Crippen molar-refractivity contribution >= 4 is 0 Å². The second-order valence-corrected chi connectivity index (χ2v) is 4.78. The summed E-state index contributed by atoms with van der Waals surface area (Å²) in [4.78, 5) is 4.12. The zero-order valence-corrected chi connectivity index (χ0v) is 10.3. The van der Waals surface area contributed by atoms with Gasteiger partial charge in [-0.25, -0.2) is 4.98 Å². The summed E-state index contributed by atoms with van der Waals surface area (Å²) in [6, 6.07) is 0. The van der Waals surface area contributed by atoms with E-state index in [1.54, 1.807) is 12.5 Å². The van der Waals surface area contributed by atoms with Gasteiger partial charge in [-0.1, -0.05) is 6.92 Å². The molecule has 0 bridgehead atoms. The van der Waals surface area contributed by atoms with Crippen molar-refractivity contribution in [1.29, 1.82) is 0 Å². The molecule has 1 saturated heterocycles. The molecule has 2 unspecified atom stereocenters. The summed E-state index contributed by atoms with van der Waals surface area (Å²) in [5.41, 5.74) is 6.34. The molecule has 0 aromatic carbocycles. The van der Waals surface area contributed by atoms with Gasteiger partial charge in [-0.05, 0) is 12.8 Å². The summed E-state index contributed by atoms with van der Waals surface area (Å²) >= 11 is 0. The summed E-state index contributed by atoms with van der Waals surface area (Å²) in [5, 5.41) is 10.5. The molecule has 0 spiro atoms. The highest BCUT2D eigenvalue weighted by Crippen LogP contribution is 2.40. The fourth-order valence-electron chi connectivity index (χ4n) is 2.41. The zero-order chi connectivity index (χ0) is 12.3. The first-order valence-electron chi connectivity index (χ1n) is 6.19. The van der Waals surface area contributed by atoms with Crippen LogP contribution in [0.2, 0.25) is 0 Å². The largest absolute Gasteiger partial charge is 0.386 e. The second-order valence-electron chi connectivity index (χ2n) is 4.78. The fourth-order valence-corrected chi connectivity index (χ4v) is 2.41. The number of nitrogens with two attached hydrogens (primary N) is 1. The molecule has 1 aliphatic heterocycles. The van der Waals surface area contributed by atoms with E-state index in [4.69, 9.17) is 10.5 Å². The van der Waals surface area contributed by atoms with E-state index in [0.717, 1.165) is 25.1 Å². The molecule has 1 fully saturated rings. The van der Waals surface area contributed by atoms with Crippen molar-refractivity contribution in [2.45, 2.75) is 32.4 Å². The van der Waals surface area contributed by atoms with E-state index in [-0.39, 0.29) is 5.41 Å². The lowest BCUT2D eigenvalue weighted by atomic mass is 9.80. The van der Waals surface area contributed by atoms with Crippen LogP contribution in [0.15, 0.2) is 12.5 Å². The molecular weight excluding hydrogens is 218 g/mol. The van der Waals surface area contributed by atoms with Gasteiger partial charge in [0.2, 0.25) is 0 Å². The number of aromatic nitrogens is 2. The van der Waals surface area contributed by atoms with Crippen LogP contribution in [0.25, 0.3) is 0 Å². The average molecular weight is 239 g/mol. The van der Waals surface area contributed by atoms with Crippen molar-refractivity contribution in [2.24, 2.45) is 11.1 Å². The SMILES string of the molecule is CCCn1cncc1C(O)C1(CN)CCOC1. The molecule has 1 aromatic heterocycles. The highest BCUT2D eigenvalue weighted by Gasteiger charge is 2.42. The van der Waals surface area contributed by atoms with Crippen LogP contribution >= 0.6 is 0 Å². The molecule has 0 aliphatic carbocycles. The van der Waals surface area contributed by atoms with E-state index in [0.29, 0.717) is 19.8 Å². The van der Waals surface area contributed by atoms with Gasteiger partial charge in [-0.2, -0.15) is 0 Å². The predicted octanol–water partition coefficient (Wildman–Crippen LogP) is 0.692. The molecule has 1 aliphatic rings. The lowest BCUT2D eigenvalue weighted by molar-refractivity contribution is 0.0138. The van der Waals surface area contributed by atoms with E-state index in [1.165, 1.54) is 0 Å². The Morgan fingerprint density at radius 2 is 2.53 bits per heavy atom. The molecule has 5 heteroatoms. The molecule has 0 saturated carbocycles. The maximum Gasteiger partial charge on any atom is 0.105 e. The summed E-state index contributed by atoms with van der Waals surface area (Å²) in [5.74, 6) is 0. The van der Waals surface area contributed by atoms with Gasteiger partial charge in [0.25, 0.3) is 0 Å². The Morgan fingerprint density at radius 1 is 1.71 bits per heavy atom. The van der Waals surface area contributed by atoms with Crippen LogP contribution in [-0.2, 0) is 11.3 Å². The van der Waals surface area contributed by atoms with Crippen molar-refractivity contribution in [3.8, 4) is 0 Å². The van der Waals surface area contributed by atoms with Crippen molar-refractivity contribution < 1.29 is 9.84 Å². The molecule has 17 heavy (non-hydrogen) atoms. The number of hydrogen-bond donors (Lipinski definition) is 2. The molecule has 0 amide bonds. The number of rotatable bonds is 5. The van der Waals surface area contributed by atoms with E-state index in [9.17, 15) is 5.11 Å². The van der Waals surface area contributed by atoms with Crippen molar-refractivity contribution in [3.05, 3.63) is 18.2 Å². The van der Waals surface area contributed by atoms with Gasteiger partial charge in [-0.15, -0.1) is 0 Å². The van der Waals surface area contributed by atoms with Gasteiger partial charge in [0.05, 0.1) is 24.8 Å². The van der Waals surface area contributed by atoms with Gasteiger partial charge >= 0.3 is 0 Å². The number of aliphatic hydroxyl groups excluding tert-OH is 1. The topological polar surface area (TPSA) is 73.3 Å². The van der Waals surface area contributed by atoms with Gasteiger partial charge < -0.3 is 20.1 Å². The Morgan fingerprint density at radius 3 is 3.12 bits per heavy atom. The maximum atomic E-state index is 10.5. The molecule has 3 N–H and O–H groups in total. The molecule has 2 heterocycles. The third-order valence-electron chi connectivity index (χ3n) is 3.61. The Hall–Kier alpha value is -0.910. The van der Waals surface area contributed by atoms with Crippen LogP contribution in [-0.4, -0.2) is 34.4 Å². The minimum Gasteiger partial charge on any atom is -0.386 e. The van der Waals surface area contributed by atoms with E-state index >= 15 is 0 Å². The van der Waals surface area contributed by atoms with Crippen LogP contribution in [0.3, 0.4) is 0 Å². The third-order valence-corrected chi connectivity index (χ3v) is 3.61. The highest BCUT2D eigenvalue weighted by molar-refractivity contribution is 5.09. The van der Waals surface area contributed by atoms with Gasteiger partial charge in [0, 0.05) is 25.1 Å². The van der Waals surface area contributed by atoms with E-state index in [2.05, 4.69) is 11.9 Å². The minimum atomic E-state index is -0.593. The number of ether oxygens (including phenoxy) is 1. The Labute approximate surface area is 102 Å². The monoisotopic (exact) mass is 239 g/mol. The van der Waals surface area contributed by atoms with Crippen LogP contribution in [0.1, 0.15) is 31.6 Å². The van der Waals surface area contributed by atoms with E-state index in [1.807, 2.05) is 4.57 Å². The first kappa shape index (κ1) is 12.5. The summed E-state index contributed by atoms with van der Waals surface area (Å²) in [6.07, 6.45) is 4.73. The van der Waals surface area contributed by atoms with E-state index < -0.39 is 6.10 Å². The van der Waals surface area contributed by atoms with Crippen LogP contribution in [0.5, 0.6) is 0 Å². The number of imidazole rings is 1. The summed E-state index contributed by atoms with van der Waals surface area (Å²) in [7, 11) is 0. The maximum absolute atomic E-state index is 10.5. The van der Waals surface area contributed by atoms with Gasteiger partial charge in [0.1, 0.15) is 6.10 Å². The lowest BCUT2D eigenvalue weighted by Gasteiger charge is -2.31. The predicted molar refractivity (Wildman–Crippen MR) is 64.4 cm³/mol. The van der Waals surface area contributed by atoms with Crippen LogP contribution in [0, 0.1) is 5.41 Å². The Bertz CT molecular complexity index is 358. The lowest BCUT2D eigenvalue weighted by Crippen LogP contribution is -2.38. The first-order chi connectivity index (χ1) is 8.23. The summed E-state index contributed by atoms with van der Waals surface area (Å²) in [6.45, 7) is 4.62. The molecule has 0 radical (unpaired) electrons. The number of hydrogen-bond acceptors (Lipinski definition) is 4. The molecular formula is C12H21N3O2. The van der Waals surface area contributed by atoms with Gasteiger partial charge in [0.15, 0.2) is 0 Å². The van der Waals surface area contributed by atoms with Crippen molar-refractivity contribution in [3.63, 3.8) is 0 Å². The van der Waals surface area contributed by atoms with Crippen LogP contribution in [0.4, 0.5) is 0 Å². The average Bonchev–Trinajstić information content (AvgIpc) is 2.97. The zero-order valence-electron chi connectivity index (χ0n) is 10.3. The first-order valence-corrected chi connectivity index (χ1v) is 6.19.